The molecular weight excluding hydrogens is 300 g/mol. The first-order valence-electron chi connectivity index (χ1n) is 8.56. The lowest BCUT2D eigenvalue weighted by atomic mass is 9.99. The molecule has 1 aromatic carbocycles. The Balaban J connectivity index is 1.68. The van der Waals surface area contributed by atoms with E-state index in [0.29, 0.717) is 5.69 Å². The van der Waals surface area contributed by atoms with Crippen LogP contribution in [0.3, 0.4) is 0 Å². The predicted molar refractivity (Wildman–Crippen MR) is 95.0 cm³/mol. The molecule has 3 rings (SSSR count). The van der Waals surface area contributed by atoms with Crippen LogP contribution in [0.2, 0.25) is 0 Å². The molecule has 126 valence electrons. The average Bonchev–Trinajstić information content (AvgIpc) is 2.63. The molecule has 2 heterocycles. The van der Waals surface area contributed by atoms with Gasteiger partial charge in [-0.3, -0.25) is 4.79 Å². The highest BCUT2D eigenvalue weighted by Gasteiger charge is 2.19. The third kappa shape index (κ3) is 3.91. The van der Waals surface area contributed by atoms with Crippen LogP contribution in [-0.4, -0.2) is 29.0 Å². The Morgan fingerprint density at radius 3 is 2.62 bits per heavy atom. The van der Waals surface area contributed by atoms with E-state index in [1.165, 1.54) is 6.33 Å². The number of rotatable bonds is 4. The second kappa shape index (κ2) is 7.43. The summed E-state index contributed by atoms with van der Waals surface area (Å²) in [5.74, 6) is 1.44. The molecule has 0 radical (unpaired) electrons. The van der Waals surface area contributed by atoms with Crippen LogP contribution in [0.25, 0.3) is 0 Å². The largest absolute Gasteiger partial charge is 0.356 e. The molecular formula is C19H24N4O. The molecule has 1 aliphatic rings. The molecule has 0 saturated carbocycles. The van der Waals surface area contributed by atoms with Gasteiger partial charge in [-0.2, -0.15) is 0 Å². The zero-order valence-electron chi connectivity index (χ0n) is 14.3. The molecule has 2 aromatic rings. The third-order valence-electron chi connectivity index (χ3n) is 4.64. The molecule has 1 saturated heterocycles. The lowest BCUT2D eigenvalue weighted by molar-refractivity contribution is 0.0934. The molecule has 24 heavy (non-hydrogen) atoms. The average molecular weight is 324 g/mol. The van der Waals surface area contributed by atoms with Crippen molar-refractivity contribution in [3.8, 4) is 0 Å². The maximum atomic E-state index is 12.5. The number of hydrogen-bond acceptors (Lipinski definition) is 4. The summed E-state index contributed by atoms with van der Waals surface area (Å²) in [6, 6.07) is 11.7. The van der Waals surface area contributed by atoms with E-state index < -0.39 is 0 Å². The zero-order valence-corrected chi connectivity index (χ0v) is 14.3. The fourth-order valence-corrected chi connectivity index (χ4v) is 2.98. The number of amides is 1. The van der Waals surface area contributed by atoms with Crippen molar-refractivity contribution < 1.29 is 4.79 Å². The van der Waals surface area contributed by atoms with Gasteiger partial charge in [-0.1, -0.05) is 37.3 Å². The maximum Gasteiger partial charge on any atom is 0.270 e. The highest BCUT2D eigenvalue weighted by molar-refractivity contribution is 5.93. The second-order valence-corrected chi connectivity index (χ2v) is 6.54. The SMILES string of the molecule is CC1CCN(c2cc(C(=O)NC(C)c3ccccc3)ncn2)CC1. The lowest BCUT2D eigenvalue weighted by Gasteiger charge is -2.31. The van der Waals surface area contributed by atoms with Gasteiger partial charge in [0, 0.05) is 19.2 Å². The Kier molecular flexibility index (Phi) is 5.08. The minimum atomic E-state index is -0.166. The van der Waals surface area contributed by atoms with Gasteiger partial charge in [-0.25, -0.2) is 9.97 Å². The molecule has 1 amide bonds. The number of nitrogens with zero attached hydrogens (tertiary/aromatic N) is 3. The smallest absolute Gasteiger partial charge is 0.270 e. The van der Waals surface area contributed by atoms with E-state index in [9.17, 15) is 4.79 Å². The molecule has 1 unspecified atom stereocenters. The highest BCUT2D eigenvalue weighted by atomic mass is 16.1. The topological polar surface area (TPSA) is 58.1 Å². The summed E-state index contributed by atoms with van der Waals surface area (Å²) in [6.07, 6.45) is 3.81. The number of piperidine rings is 1. The first kappa shape index (κ1) is 16.4. The summed E-state index contributed by atoms with van der Waals surface area (Å²) >= 11 is 0. The predicted octanol–water partition coefficient (Wildman–Crippen LogP) is 3.20. The minimum absolute atomic E-state index is 0.0621. The van der Waals surface area contributed by atoms with Crippen LogP contribution in [0.4, 0.5) is 5.82 Å². The summed E-state index contributed by atoms with van der Waals surface area (Å²) in [7, 11) is 0. The monoisotopic (exact) mass is 324 g/mol. The van der Waals surface area contributed by atoms with Gasteiger partial charge < -0.3 is 10.2 Å². The fraction of sp³-hybridized carbons (Fsp3) is 0.421. The maximum absolute atomic E-state index is 12.5. The van der Waals surface area contributed by atoms with E-state index >= 15 is 0 Å². The molecule has 0 bridgehead atoms. The van der Waals surface area contributed by atoms with E-state index in [4.69, 9.17) is 0 Å². The molecule has 1 fully saturated rings. The van der Waals surface area contributed by atoms with Gasteiger partial charge in [-0.15, -0.1) is 0 Å². The van der Waals surface area contributed by atoms with Gasteiger partial charge in [0.1, 0.15) is 17.8 Å². The summed E-state index contributed by atoms with van der Waals surface area (Å²) in [5, 5.41) is 3.00. The quantitative estimate of drug-likeness (QED) is 0.938. The zero-order chi connectivity index (χ0) is 16.9. The molecule has 1 aromatic heterocycles. The van der Waals surface area contributed by atoms with E-state index in [2.05, 4.69) is 27.1 Å². The van der Waals surface area contributed by atoms with E-state index in [1.807, 2.05) is 37.3 Å². The highest BCUT2D eigenvalue weighted by Crippen LogP contribution is 2.21. The van der Waals surface area contributed by atoms with Crippen LogP contribution in [0.5, 0.6) is 0 Å². The van der Waals surface area contributed by atoms with Gasteiger partial charge in [0.15, 0.2) is 0 Å². The van der Waals surface area contributed by atoms with Crippen molar-refractivity contribution >= 4 is 11.7 Å². The fourth-order valence-electron chi connectivity index (χ4n) is 2.98. The van der Waals surface area contributed by atoms with Gasteiger partial charge in [-0.05, 0) is 31.2 Å². The number of benzene rings is 1. The Morgan fingerprint density at radius 2 is 1.92 bits per heavy atom. The van der Waals surface area contributed by atoms with Crippen LogP contribution >= 0.6 is 0 Å². The number of carbonyl (C=O) groups is 1. The first-order chi connectivity index (χ1) is 11.6. The molecule has 1 atom stereocenters. The van der Waals surface area contributed by atoms with Crippen molar-refractivity contribution in [2.24, 2.45) is 5.92 Å². The molecule has 0 spiro atoms. The molecule has 0 aliphatic carbocycles. The number of nitrogens with one attached hydrogen (secondary N) is 1. The van der Waals surface area contributed by atoms with E-state index in [0.717, 1.165) is 43.2 Å². The summed E-state index contributed by atoms with van der Waals surface area (Å²) < 4.78 is 0. The second-order valence-electron chi connectivity index (χ2n) is 6.54. The van der Waals surface area contributed by atoms with Gasteiger partial charge >= 0.3 is 0 Å². The number of aromatic nitrogens is 2. The van der Waals surface area contributed by atoms with Crippen molar-refractivity contribution in [2.45, 2.75) is 32.7 Å². The Morgan fingerprint density at radius 1 is 1.21 bits per heavy atom. The normalized spacial score (nSPS) is 16.7. The van der Waals surface area contributed by atoms with Crippen molar-refractivity contribution in [2.75, 3.05) is 18.0 Å². The van der Waals surface area contributed by atoms with E-state index in [-0.39, 0.29) is 11.9 Å². The van der Waals surface area contributed by atoms with Crippen LogP contribution in [0.15, 0.2) is 42.7 Å². The number of carbonyl (C=O) groups excluding carboxylic acids is 1. The van der Waals surface area contributed by atoms with Crippen molar-refractivity contribution in [1.29, 1.82) is 0 Å². The lowest BCUT2D eigenvalue weighted by Crippen LogP contribution is -2.34. The molecule has 1 aliphatic heterocycles. The van der Waals surface area contributed by atoms with Gasteiger partial charge in [0.2, 0.25) is 0 Å². The Bertz CT molecular complexity index is 681. The molecule has 1 N–H and O–H groups in total. The van der Waals surface area contributed by atoms with Crippen LogP contribution in [-0.2, 0) is 0 Å². The number of hydrogen-bond donors (Lipinski definition) is 1. The summed E-state index contributed by atoms with van der Waals surface area (Å²) in [6.45, 7) is 6.22. The van der Waals surface area contributed by atoms with Crippen molar-refractivity contribution in [3.63, 3.8) is 0 Å². The van der Waals surface area contributed by atoms with Crippen LogP contribution < -0.4 is 10.2 Å². The standard InChI is InChI=1S/C19H24N4O/c1-14-8-10-23(11-9-14)18-12-17(20-13-21-18)19(24)22-15(2)16-6-4-3-5-7-16/h3-7,12-15H,8-11H2,1-2H3,(H,22,24). The van der Waals surface area contributed by atoms with Crippen molar-refractivity contribution in [1.82, 2.24) is 15.3 Å². The first-order valence-corrected chi connectivity index (χ1v) is 8.56. The van der Waals surface area contributed by atoms with Gasteiger partial charge in [0.05, 0.1) is 6.04 Å². The van der Waals surface area contributed by atoms with Crippen molar-refractivity contribution in [3.05, 3.63) is 54.0 Å². The van der Waals surface area contributed by atoms with Gasteiger partial charge in [0.25, 0.3) is 5.91 Å². The Labute approximate surface area is 143 Å². The molecule has 5 heteroatoms. The summed E-state index contributed by atoms with van der Waals surface area (Å²) in [5.41, 5.74) is 1.49. The van der Waals surface area contributed by atoms with Crippen LogP contribution in [0.1, 0.15) is 48.8 Å². The Hall–Kier alpha value is -2.43. The number of anilines is 1. The van der Waals surface area contributed by atoms with E-state index in [1.54, 1.807) is 6.07 Å². The summed E-state index contributed by atoms with van der Waals surface area (Å²) in [4.78, 5) is 23.2. The third-order valence-corrected chi connectivity index (χ3v) is 4.64. The minimum Gasteiger partial charge on any atom is -0.356 e. The van der Waals surface area contributed by atoms with Crippen LogP contribution in [0, 0.1) is 5.92 Å². The molecule has 5 nitrogen and oxygen atoms in total.